The molecule has 1 N–H and O–H groups in total. The molecule has 1 unspecified atom stereocenters. The molecule has 0 heterocycles. The molecule has 0 saturated heterocycles. The van der Waals surface area contributed by atoms with Gasteiger partial charge in [0, 0.05) is 20.5 Å². The van der Waals surface area contributed by atoms with Crippen LogP contribution in [0.15, 0.2) is 18.2 Å². The molecule has 1 amide bonds. The SMILES string of the molecule is CC(Br)CCCNC(=O)c1ccc(I)c(Cl)c1. The Balaban J connectivity index is 2.44. The average molecular weight is 431 g/mol. The Labute approximate surface area is 129 Å². The van der Waals surface area contributed by atoms with E-state index in [-0.39, 0.29) is 5.91 Å². The number of alkyl halides is 1. The van der Waals surface area contributed by atoms with Crippen molar-refractivity contribution in [3.8, 4) is 0 Å². The van der Waals surface area contributed by atoms with Crippen molar-refractivity contribution in [3.63, 3.8) is 0 Å². The first-order valence-corrected chi connectivity index (χ1v) is 7.75. The van der Waals surface area contributed by atoms with Gasteiger partial charge in [0.2, 0.25) is 0 Å². The van der Waals surface area contributed by atoms with Crippen LogP contribution in [0.5, 0.6) is 0 Å². The van der Waals surface area contributed by atoms with Crippen LogP contribution in [-0.2, 0) is 0 Å². The summed E-state index contributed by atoms with van der Waals surface area (Å²) in [5.74, 6) is -0.0643. The Bertz CT molecular complexity index is 398. The van der Waals surface area contributed by atoms with Gasteiger partial charge in [-0.1, -0.05) is 34.5 Å². The summed E-state index contributed by atoms with van der Waals surface area (Å²) in [7, 11) is 0. The molecule has 0 aromatic heterocycles. The van der Waals surface area contributed by atoms with Crippen LogP contribution < -0.4 is 5.32 Å². The monoisotopic (exact) mass is 429 g/mol. The standard InChI is InChI=1S/C12H14BrClINO/c1-8(13)3-2-6-16-12(17)9-4-5-11(15)10(14)7-9/h4-5,7-8H,2-3,6H2,1H3,(H,16,17). The van der Waals surface area contributed by atoms with Gasteiger partial charge in [-0.15, -0.1) is 0 Å². The molecule has 2 nitrogen and oxygen atoms in total. The highest BCUT2D eigenvalue weighted by Crippen LogP contribution is 2.19. The summed E-state index contributed by atoms with van der Waals surface area (Å²) in [6.07, 6.45) is 2.02. The van der Waals surface area contributed by atoms with E-state index in [1.54, 1.807) is 12.1 Å². The Morgan fingerprint density at radius 2 is 2.29 bits per heavy atom. The second kappa shape index (κ2) is 7.59. The topological polar surface area (TPSA) is 29.1 Å². The minimum atomic E-state index is -0.0643. The molecule has 0 aliphatic heterocycles. The molecule has 17 heavy (non-hydrogen) atoms. The fourth-order valence-electron chi connectivity index (χ4n) is 1.32. The number of hydrogen-bond acceptors (Lipinski definition) is 1. The first-order valence-electron chi connectivity index (χ1n) is 5.38. The van der Waals surface area contributed by atoms with Crippen LogP contribution in [0.25, 0.3) is 0 Å². The second-order valence-electron chi connectivity index (χ2n) is 3.81. The third-order valence-corrected chi connectivity index (χ3v) is 4.28. The van der Waals surface area contributed by atoms with E-state index in [2.05, 4.69) is 50.8 Å². The molecule has 0 spiro atoms. The van der Waals surface area contributed by atoms with Gasteiger partial charge >= 0.3 is 0 Å². The fourth-order valence-corrected chi connectivity index (χ4v) is 2.16. The van der Waals surface area contributed by atoms with Gasteiger partial charge in [-0.25, -0.2) is 0 Å². The van der Waals surface area contributed by atoms with Gasteiger partial charge in [0.05, 0.1) is 5.02 Å². The molecule has 1 aromatic rings. The van der Waals surface area contributed by atoms with E-state index in [0.29, 0.717) is 22.0 Å². The second-order valence-corrected chi connectivity index (χ2v) is 6.94. The van der Waals surface area contributed by atoms with Crippen molar-refractivity contribution in [2.45, 2.75) is 24.6 Å². The minimum absolute atomic E-state index is 0.0643. The first kappa shape index (κ1) is 15.2. The van der Waals surface area contributed by atoms with Gasteiger partial charge < -0.3 is 5.32 Å². The van der Waals surface area contributed by atoms with Crippen molar-refractivity contribution in [1.29, 1.82) is 0 Å². The summed E-state index contributed by atoms with van der Waals surface area (Å²) in [5, 5.41) is 3.50. The van der Waals surface area contributed by atoms with Crippen LogP contribution in [0.2, 0.25) is 5.02 Å². The van der Waals surface area contributed by atoms with Crippen molar-refractivity contribution in [3.05, 3.63) is 32.4 Å². The van der Waals surface area contributed by atoms with Crippen molar-refractivity contribution in [1.82, 2.24) is 5.32 Å². The van der Waals surface area contributed by atoms with Crippen molar-refractivity contribution >= 4 is 56.0 Å². The summed E-state index contributed by atoms with van der Waals surface area (Å²) in [6, 6.07) is 5.33. The zero-order valence-electron chi connectivity index (χ0n) is 9.47. The van der Waals surface area contributed by atoms with Crippen molar-refractivity contribution in [2.75, 3.05) is 6.54 Å². The summed E-state index contributed by atoms with van der Waals surface area (Å²) in [6.45, 7) is 2.79. The molecule has 94 valence electrons. The Kier molecular flexibility index (Phi) is 6.80. The van der Waals surface area contributed by atoms with Crippen molar-refractivity contribution in [2.24, 2.45) is 0 Å². The third kappa shape index (κ3) is 5.57. The molecule has 0 radical (unpaired) electrons. The molecule has 1 rings (SSSR count). The predicted molar refractivity (Wildman–Crippen MR) is 84.1 cm³/mol. The quantitative estimate of drug-likeness (QED) is 0.423. The summed E-state index contributed by atoms with van der Waals surface area (Å²) in [5.41, 5.74) is 0.613. The fraction of sp³-hybridized carbons (Fsp3) is 0.417. The predicted octanol–water partition coefficient (Wildman–Crippen LogP) is 4.24. The number of amides is 1. The maximum atomic E-state index is 11.8. The molecule has 1 atom stereocenters. The minimum Gasteiger partial charge on any atom is -0.352 e. The van der Waals surface area contributed by atoms with E-state index in [0.717, 1.165) is 16.4 Å². The van der Waals surface area contributed by atoms with Gasteiger partial charge in [0.25, 0.3) is 5.91 Å². The van der Waals surface area contributed by atoms with Gasteiger partial charge in [-0.2, -0.15) is 0 Å². The van der Waals surface area contributed by atoms with Gasteiger partial charge in [0.1, 0.15) is 0 Å². The molecule has 0 aliphatic rings. The van der Waals surface area contributed by atoms with E-state index in [1.165, 1.54) is 0 Å². The lowest BCUT2D eigenvalue weighted by Gasteiger charge is -2.07. The van der Waals surface area contributed by atoms with Crippen LogP contribution in [0, 0.1) is 3.57 Å². The molecule has 0 fully saturated rings. The van der Waals surface area contributed by atoms with Crippen molar-refractivity contribution < 1.29 is 4.79 Å². The third-order valence-electron chi connectivity index (χ3n) is 2.25. The van der Waals surface area contributed by atoms with E-state index >= 15 is 0 Å². The molecule has 5 heteroatoms. The lowest BCUT2D eigenvalue weighted by Crippen LogP contribution is -2.24. The van der Waals surface area contributed by atoms with Gasteiger partial charge in [-0.05, 0) is 53.6 Å². The van der Waals surface area contributed by atoms with Crippen LogP contribution >= 0.6 is 50.1 Å². The van der Waals surface area contributed by atoms with E-state index in [1.807, 2.05) is 6.07 Å². The molecule has 0 bridgehead atoms. The van der Waals surface area contributed by atoms with Crippen LogP contribution in [0.3, 0.4) is 0 Å². The number of benzene rings is 1. The summed E-state index contributed by atoms with van der Waals surface area (Å²) >= 11 is 11.6. The molecule has 0 saturated carbocycles. The van der Waals surface area contributed by atoms with Gasteiger partial charge in [0.15, 0.2) is 0 Å². The lowest BCUT2D eigenvalue weighted by molar-refractivity contribution is 0.0953. The zero-order valence-corrected chi connectivity index (χ0v) is 14.0. The van der Waals surface area contributed by atoms with Crippen LogP contribution in [0.1, 0.15) is 30.1 Å². The molecular formula is C12H14BrClINO. The molecule has 1 aromatic carbocycles. The maximum Gasteiger partial charge on any atom is 0.251 e. The Morgan fingerprint density at radius 1 is 1.59 bits per heavy atom. The Morgan fingerprint density at radius 3 is 2.88 bits per heavy atom. The highest BCUT2D eigenvalue weighted by atomic mass is 127. The van der Waals surface area contributed by atoms with E-state index < -0.39 is 0 Å². The number of nitrogens with one attached hydrogen (secondary N) is 1. The normalized spacial score (nSPS) is 12.2. The van der Waals surface area contributed by atoms with Gasteiger partial charge in [-0.3, -0.25) is 4.79 Å². The maximum absolute atomic E-state index is 11.8. The van der Waals surface area contributed by atoms with E-state index in [4.69, 9.17) is 11.6 Å². The zero-order chi connectivity index (χ0) is 12.8. The summed E-state index contributed by atoms with van der Waals surface area (Å²) in [4.78, 5) is 12.3. The average Bonchev–Trinajstić information content (AvgIpc) is 2.27. The smallest absolute Gasteiger partial charge is 0.251 e. The number of carbonyl (C=O) groups excluding carboxylic acids is 1. The molecule has 0 aliphatic carbocycles. The summed E-state index contributed by atoms with van der Waals surface area (Å²) < 4.78 is 0.953. The van der Waals surface area contributed by atoms with Crippen LogP contribution in [-0.4, -0.2) is 17.3 Å². The number of halogens is 3. The first-order chi connectivity index (χ1) is 8.00. The number of carbonyl (C=O) groups is 1. The lowest BCUT2D eigenvalue weighted by atomic mass is 10.2. The van der Waals surface area contributed by atoms with E-state index in [9.17, 15) is 4.79 Å². The largest absolute Gasteiger partial charge is 0.352 e. The highest BCUT2D eigenvalue weighted by molar-refractivity contribution is 14.1. The number of hydrogen-bond donors (Lipinski definition) is 1. The Hall–Kier alpha value is 0.190. The van der Waals surface area contributed by atoms with Crippen LogP contribution in [0.4, 0.5) is 0 Å². The highest BCUT2D eigenvalue weighted by Gasteiger charge is 2.07. The number of rotatable bonds is 5. The molecular weight excluding hydrogens is 416 g/mol.